The molecule has 1 unspecified atom stereocenters. The fourth-order valence-corrected chi connectivity index (χ4v) is 1.11. The standard InChI is InChI=1S/C9H17NO3/c1-4-8(9(12)13-3)7(2)10-5-6-11/h8,11H,4-6H2,1-3H3. The fourth-order valence-electron chi connectivity index (χ4n) is 1.11. The molecular weight excluding hydrogens is 170 g/mol. The van der Waals surface area contributed by atoms with Crippen LogP contribution in [0.25, 0.3) is 0 Å². The van der Waals surface area contributed by atoms with Crippen LogP contribution < -0.4 is 0 Å². The third-order valence-electron chi connectivity index (χ3n) is 1.86. The van der Waals surface area contributed by atoms with E-state index in [1.165, 1.54) is 7.11 Å². The van der Waals surface area contributed by atoms with Gasteiger partial charge in [0.1, 0.15) is 0 Å². The summed E-state index contributed by atoms with van der Waals surface area (Å²) in [6.45, 7) is 4.04. The summed E-state index contributed by atoms with van der Waals surface area (Å²) in [5.41, 5.74) is 0.725. The van der Waals surface area contributed by atoms with E-state index in [0.717, 1.165) is 5.71 Å². The number of nitrogens with zero attached hydrogens (tertiary/aromatic N) is 1. The molecule has 0 saturated carbocycles. The number of ether oxygens (including phenoxy) is 1. The molecule has 0 fully saturated rings. The summed E-state index contributed by atoms with van der Waals surface area (Å²) in [6, 6.07) is 0. The third-order valence-corrected chi connectivity index (χ3v) is 1.86. The van der Waals surface area contributed by atoms with Crippen molar-refractivity contribution in [2.24, 2.45) is 10.9 Å². The Labute approximate surface area is 78.6 Å². The van der Waals surface area contributed by atoms with Gasteiger partial charge < -0.3 is 9.84 Å². The number of methoxy groups -OCH3 is 1. The first kappa shape index (κ1) is 12.1. The summed E-state index contributed by atoms with van der Waals surface area (Å²) in [5, 5.41) is 8.54. The second kappa shape index (κ2) is 6.60. The quantitative estimate of drug-likeness (QED) is 0.507. The zero-order valence-corrected chi connectivity index (χ0v) is 8.41. The first-order valence-electron chi connectivity index (χ1n) is 4.37. The predicted molar refractivity (Wildman–Crippen MR) is 50.9 cm³/mol. The summed E-state index contributed by atoms with van der Waals surface area (Å²) in [6.07, 6.45) is 0.674. The smallest absolute Gasteiger partial charge is 0.314 e. The molecule has 0 heterocycles. The SMILES string of the molecule is CCC(C(=O)OC)C(C)=NCCO. The van der Waals surface area contributed by atoms with Gasteiger partial charge in [0.05, 0.1) is 26.2 Å². The maximum Gasteiger partial charge on any atom is 0.314 e. The number of carbonyl (C=O) groups excluding carboxylic acids is 1. The highest BCUT2D eigenvalue weighted by atomic mass is 16.5. The molecule has 13 heavy (non-hydrogen) atoms. The monoisotopic (exact) mass is 187 g/mol. The molecule has 0 aromatic rings. The van der Waals surface area contributed by atoms with Crippen molar-refractivity contribution < 1.29 is 14.6 Å². The Morgan fingerprint density at radius 2 is 2.23 bits per heavy atom. The summed E-state index contributed by atoms with van der Waals surface area (Å²) >= 11 is 0. The number of carbonyl (C=O) groups is 1. The van der Waals surface area contributed by atoms with E-state index in [1.807, 2.05) is 6.92 Å². The number of esters is 1. The lowest BCUT2D eigenvalue weighted by Crippen LogP contribution is -2.23. The minimum absolute atomic E-state index is 0.00888. The van der Waals surface area contributed by atoms with Crippen LogP contribution in [-0.4, -0.2) is 37.0 Å². The Morgan fingerprint density at radius 3 is 2.62 bits per heavy atom. The van der Waals surface area contributed by atoms with Crippen LogP contribution in [0, 0.1) is 5.92 Å². The summed E-state index contributed by atoms with van der Waals surface area (Å²) in [5.74, 6) is -0.529. The van der Waals surface area contributed by atoms with E-state index in [9.17, 15) is 4.79 Å². The molecular formula is C9H17NO3. The molecule has 1 atom stereocenters. The molecule has 0 radical (unpaired) electrons. The predicted octanol–water partition coefficient (Wildman–Crippen LogP) is 0.639. The Hall–Kier alpha value is -0.900. The van der Waals surface area contributed by atoms with Crippen LogP contribution in [0.4, 0.5) is 0 Å². The topological polar surface area (TPSA) is 58.9 Å². The third kappa shape index (κ3) is 4.03. The second-order valence-corrected chi connectivity index (χ2v) is 2.73. The molecule has 0 aliphatic rings. The van der Waals surface area contributed by atoms with E-state index < -0.39 is 0 Å². The van der Waals surface area contributed by atoms with Crippen molar-refractivity contribution in [3.63, 3.8) is 0 Å². The van der Waals surface area contributed by atoms with E-state index in [0.29, 0.717) is 13.0 Å². The van der Waals surface area contributed by atoms with Gasteiger partial charge in [0.2, 0.25) is 0 Å². The van der Waals surface area contributed by atoms with Gasteiger partial charge >= 0.3 is 5.97 Å². The zero-order valence-electron chi connectivity index (χ0n) is 8.41. The van der Waals surface area contributed by atoms with Crippen molar-refractivity contribution in [3.8, 4) is 0 Å². The lowest BCUT2D eigenvalue weighted by Gasteiger charge is -2.11. The number of aliphatic imine (C=N–C) groups is 1. The van der Waals surface area contributed by atoms with Crippen LogP contribution >= 0.6 is 0 Å². The molecule has 0 rings (SSSR count). The molecule has 76 valence electrons. The minimum Gasteiger partial charge on any atom is -0.469 e. The van der Waals surface area contributed by atoms with Crippen molar-refractivity contribution in [1.29, 1.82) is 0 Å². The van der Waals surface area contributed by atoms with Crippen molar-refractivity contribution in [2.45, 2.75) is 20.3 Å². The van der Waals surface area contributed by atoms with Gasteiger partial charge in [-0.1, -0.05) is 6.92 Å². The van der Waals surface area contributed by atoms with Gasteiger partial charge in [-0.15, -0.1) is 0 Å². The summed E-state index contributed by atoms with van der Waals surface area (Å²) in [4.78, 5) is 15.2. The molecule has 0 aromatic heterocycles. The highest BCUT2D eigenvalue weighted by Gasteiger charge is 2.19. The zero-order chi connectivity index (χ0) is 10.3. The lowest BCUT2D eigenvalue weighted by atomic mass is 10.0. The lowest BCUT2D eigenvalue weighted by molar-refractivity contribution is -0.143. The molecule has 0 aromatic carbocycles. The Bertz CT molecular complexity index is 189. The Morgan fingerprint density at radius 1 is 1.62 bits per heavy atom. The minimum atomic E-state index is -0.267. The molecule has 4 nitrogen and oxygen atoms in total. The molecule has 0 aliphatic carbocycles. The Balaban J connectivity index is 4.30. The highest BCUT2D eigenvalue weighted by Crippen LogP contribution is 2.07. The fraction of sp³-hybridized carbons (Fsp3) is 0.778. The van der Waals surface area contributed by atoms with Crippen LogP contribution in [0.15, 0.2) is 4.99 Å². The second-order valence-electron chi connectivity index (χ2n) is 2.73. The van der Waals surface area contributed by atoms with Crippen LogP contribution in [0.1, 0.15) is 20.3 Å². The van der Waals surface area contributed by atoms with E-state index in [2.05, 4.69) is 9.73 Å². The molecule has 4 heteroatoms. The van der Waals surface area contributed by atoms with Gasteiger partial charge in [-0.2, -0.15) is 0 Å². The Kier molecular flexibility index (Phi) is 6.14. The molecule has 1 N–H and O–H groups in total. The van der Waals surface area contributed by atoms with Gasteiger partial charge in [0, 0.05) is 5.71 Å². The van der Waals surface area contributed by atoms with Gasteiger partial charge in [-0.3, -0.25) is 9.79 Å². The molecule has 0 bridgehead atoms. The van der Waals surface area contributed by atoms with E-state index in [-0.39, 0.29) is 18.5 Å². The van der Waals surface area contributed by atoms with Crippen molar-refractivity contribution in [2.75, 3.05) is 20.3 Å². The first-order valence-corrected chi connectivity index (χ1v) is 4.37. The van der Waals surface area contributed by atoms with Gasteiger partial charge in [0.25, 0.3) is 0 Å². The average molecular weight is 187 g/mol. The molecule has 0 aliphatic heterocycles. The molecule has 0 spiro atoms. The van der Waals surface area contributed by atoms with Crippen molar-refractivity contribution >= 4 is 11.7 Å². The average Bonchev–Trinajstić information content (AvgIpc) is 2.15. The number of aliphatic hydroxyl groups is 1. The number of hydrogen-bond acceptors (Lipinski definition) is 4. The number of hydrogen-bond donors (Lipinski definition) is 1. The summed E-state index contributed by atoms with van der Waals surface area (Å²) < 4.78 is 4.62. The first-order chi connectivity index (χ1) is 6.17. The van der Waals surface area contributed by atoms with Crippen LogP contribution in [-0.2, 0) is 9.53 Å². The maximum absolute atomic E-state index is 11.2. The van der Waals surface area contributed by atoms with E-state index in [1.54, 1.807) is 6.92 Å². The highest BCUT2D eigenvalue weighted by molar-refractivity contribution is 6.00. The van der Waals surface area contributed by atoms with E-state index >= 15 is 0 Å². The normalized spacial score (nSPS) is 14.0. The van der Waals surface area contributed by atoms with Crippen LogP contribution in [0.3, 0.4) is 0 Å². The van der Waals surface area contributed by atoms with Gasteiger partial charge in [-0.25, -0.2) is 0 Å². The van der Waals surface area contributed by atoms with Crippen LogP contribution in [0.2, 0.25) is 0 Å². The van der Waals surface area contributed by atoms with Crippen molar-refractivity contribution in [1.82, 2.24) is 0 Å². The van der Waals surface area contributed by atoms with E-state index in [4.69, 9.17) is 5.11 Å². The van der Waals surface area contributed by atoms with Crippen LogP contribution in [0.5, 0.6) is 0 Å². The van der Waals surface area contributed by atoms with Gasteiger partial charge in [-0.05, 0) is 13.3 Å². The number of aliphatic hydroxyl groups excluding tert-OH is 1. The largest absolute Gasteiger partial charge is 0.469 e. The van der Waals surface area contributed by atoms with Gasteiger partial charge in [0.15, 0.2) is 0 Å². The number of rotatable bonds is 5. The van der Waals surface area contributed by atoms with Crippen molar-refractivity contribution in [3.05, 3.63) is 0 Å². The molecule has 0 amide bonds. The molecule has 0 saturated heterocycles. The maximum atomic E-state index is 11.2. The summed E-state index contributed by atoms with van der Waals surface area (Å²) in [7, 11) is 1.37.